The summed E-state index contributed by atoms with van der Waals surface area (Å²) in [6, 6.07) is 3.93. The van der Waals surface area contributed by atoms with E-state index >= 15 is 0 Å². The van der Waals surface area contributed by atoms with Crippen LogP contribution < -0.4 is 10.6 Å². The van der Waals surface area contributed by atoms with Gasteiger partial charge in [-0.25, -0.2) is 26.8 Å². The first-order chi connectivity index (χ1) is 17.4. The van der Waals surface area contributed by atoms with Gasteiger partial charge in [0.1, 0.15) is 27.3 Å². The fraction of sp³-hybridized carbons (Fsp3) is 0.348. The quantitative estimate of drug-likeness (QED) is 0.508. The Hall–Kier alpha value is -2.90. The van der Waals surface area contributed by atoms with E-state index in [-0.39, 0.29) is 41.8 Å². The molecule has 2 aliphatic heterocycles. The smallest absolute Gasteiger partial charge is 0.407 e. The van der Waals surface area contributed by atoms with Gasteiger partial charge >= 0.3 is 11.8 Å². The molecule has 0 radical (unpaired) electrons. The molecule has 0 unspecified atom stereocenters. The number of benzene rings is 2. The van der Waals surface area contributed by atoms with E-state index in [4.69, 9.17) is 11.6 Å². The number of piperazine rings is 1. The number of sulfone groups is 1. The topological polar surface area (TPSA) is 113 Å². The zero-order valence-corrected chi connectivity index (χ0v) is 21.8. The van der Waals surface area contributed by atoms with E-state index < -0.39 is 39.3 Å². The minimum absolute atomic E-state index is 0.0794. The van der Waals surface area contributed by atoms with Crippen LogP contribution in [-0.2, 0) is 16.4 Å². The molecule has 1 N–H and O–H groups in total. The summed E-state index contributed by atoms with van der Waals surface area (Å²) in [5.41, 5.74) is 0.300. The molecule has 196 valence electrons. The predicted molar refractivity (Wildman–Crippen MR) is 138 cm³/mol. The van der Waals surface area contributed by atoms with Gasteiger partial charge in [0, 0.05) is 65.7 Å². The number of carboxylic acid groups (broad SMARTS) is 1. The second-order valence-corrected chi connectivity index (χ2v) is 12.7. The lowest BCUT2D eigenvalue weighted by Gasteiger charge is -2.41. The summed E-state index contributed by atoms with van der Waals surface area (Å²) in [6.07, 6.45) is -0.115. The van der Waals surface area contributed by atoms with Crippen molar-refractivity contribution in [3.63, 3.8) is 0 Å². The van der Waals surface area contributed by atoms with Crippen molar-refractivity contribution in [2.75, 3.05) is 42.3 Å². The molecule has 9 nitrogen and oxygen atoms in total. The summed E-state index contributed by atoms with van der Waals surface area (Å²) in [6.45, 7) is 0.429. The Morgan fingerprint density at radius 2 is 2.00 bits per heavy atom. The maximum atomic E-state index is 14.8. The van der Waals surface area contributed by atoms with Gasteiger partial charge in [-0.2, -0.15) is 4.98 Å². The second kappa shape index (κ2) is 9.44. The molecule has 2 aliphatic rings. The normalized spacial score (nSPS) is 17.9. The Bertz CT molecular complexity index is 1620. The van der Waals surface area contributed by atoms with Crippen LogP contribution in [0.4, 0.5) is 19.4 Å². The summed E-state index contributed by atoms with van der Waals surface area (Å²) >= 11 is 8.06. The van der Waals surface area contributed by atoms with Crippen molar-refractivity contribution in [3.8, 4) is 11.1 Å². The first-order valence-corrected chi connectivity index (χ1v) is 14.6. The van der Waals surface area contributed by atoms with Crippen molar-refractivity contribution in [2.24, 2.45) is 0 Å². The van der Waals surface area contributed by atoms with E-state index in [1.807, 2.05) is 0 Å². The number of aromatic nitrogens is 2. The number of amides is 1. The maximum absolute atomic E-state index is 14.8. The molecule has 5 rings (SSSR count). The van der Waals surface area contributed by atoms with Crippen LogP contribution in [0.5, 0.6) is 0 Å². The highest BCUT2D eigenvalue weighted by Crippen LogP contribution is 2.46. The van der Waals surface area contributed by atoms with Crippen LogP contribution in [0.3, 0.4) is 0 Å². The summed E-state index contributed by atoms with van der Waals surface area (Å²) < 4.78 is 54.3. The van der Waals surface area contributed by atoms with Crippen LogP contribution in [0.15, 0.2) is 34.0 Å². The number of aryl methyl sites for hydroxylation is 1. The van der Waals surface area contributed by atoms with E-state index in [2.05, 4.69) is 4.98 Å². The monoisotopic (exact) mass is 570 g/mol. The Labute approximate surface area is 219 Å². The predicted octanol–water partition coefficient (Wildman–Crippen LogP) is 3.31. The highest BCUT2D eigenvalue weighted by molar-refractivity contribution is 7.99. The standard InChI is InChI=1S/C23H21ClF2N4O5S2/c1-37(34,35)11-13-10-28(23(32)33)4-5-29(13)21-15-9-16(24)18(14-3-2-12(25)8-17(14)26)20-19(15)30(6-7-36-20)22(31)27-21/h2-3,8-9,13H,4-7,10-11H2,1H3,(H,32,33)/t13-/m0/s1. The van der Waals surface area contributed by atoms with E-state index in [0.717, 1.165) is 23.3 Å². The van der Waals surface area contributed by atoms with Gasteiger partial charge in [-0.05, 0) is 18.2 Å². The SMILES string of the molecule is CS(=O)(=O)C[C@@H]1CN(C(=O)O)CCN1c1nc(=O)n2c3c(c(-c4ccc(F)cc4F)c(Cl)cc13)SCC2. The van der Waals surface area contributed by atoms with Gasteiger partial charge in [-0.15, -0.1) is 11.8 Å². The molecular formula is C23H21ClF2N4O5S2. The molecule has 3 aromatic rings. The molecule has 1 fully saturated rings. The van der Waals surface area contributed by atoms with Gasteiger partial charge in [0.2, 0.25) is 0 Å². The van der Waals surface area contributed by atoms with Crippen molar-refractivity contribution < 1.29 is 27.1 Å². The van der Waals surface area contributed by atoms with Crippen molar-refractivity contribution >= 4 is 56.0 Å². The summed E-state index contributed by atoms with van der Waals surface area (Å²) in [7, 11) is -3.52. The first kappa shape index (κ1) is 25.7. The van der Waals surface area contributed by atoms with Crippen molar-refractivity contribution in [2.45, 2.75) is 17.5 Å². The third-order valence-corrected chi connectivity index (χ3v) is 8.79. The molecule has 14 heteroatoms. The van der Waals surface area contributed by atoms with Gasteiger partial charge in [-0.3, -0.25) is 4.57 Å². The average Bonchev–Trinajstić information content (AvgIpc) is 2.81. The molecule has 37 heavy (non-hydrogen) atoms. The summed E-state index contributed by atoms with van der Waals surface area (Å²) in [5.74, 6) is -1.21. The minimum Gasteiger partial charge on any atom is -0.465 e. The molecule has 2 aromatic carbocycles. The number of nitrogens with zero attached hydrogens (tertiary/aromatic N) is 4. The van der Waals surface area contributed by atoms with E-state index in [1.54, 1.807) is 11.0 Å². The third kappa shape index (κ3) is 4.75. The minimum atomic E-state index is -3.52. The maximum Gasteiger partial charge on any atom is 0.407 e. The molecular weight excluding hydrogens is 550 g/mol. The van der Waals surface area contributed by atoms with E-state index in [1.165, 1.54) is 22.4 Å². The fourth-order valence-corrected chi connectivity index (χ4v) is 7.46. The first-order valence-electron chi connectivity index (χ1n) is 11.2. The number of anilines is 1. The van der Waals surface area contributed by atoms with E-state index in [0.29, 0.717) is 33.7 Å². The third-order valence-electron chi connectivity index (χ3n) is 6.43. The van der Waals surface area contributed by atoms with Crippen LogP contribution in [0.1, 0.15) is 0 Å². The van der Waals surface area contributed by atoms with Crippen LogP contribution >= 0.6 is 23.4 Å². The molecule has 0 saturated carbocycles. The number of thioether (sulfide) groups is 1. The van der Waals surface area contributed by atoms with Crippen molar-refractivity contribution in [1.29, 1.82) is 0 Å². The summed E-state index contributed by atoms with van der Waals surface area (Å²) in [4.78, 5) is 32.3. The Kier molecular flexibility index (Phi) is 6.57. The number of hydrogen-bond donors (Lipinski definition) is 1. The Balaban J connectivity index is 1.75. The fourth-order valence-electron chi connectivity index (χ4n) is 4.91. The highest BCUT2D eigenvalue weighted by Gasteiger charge is 2.35. The molecule has 1 atom stereocenters. The number of rotatable bonds is 4. The van der Waals surface area contributed by atoms with Gasteiger partial charge in [0.25, 0.3) is 0 Å². The number of halogens is 3. The lowest BCUT2D eigenvalue weighted by molar-refractivity contribution is 0.136. The van der Waals surface area contributed by atoms with Gasteiger partial charge in [0.05, 0.1) is 22.3 Å². The number of carbonyl (C=O) groups is 1. The van der Waals surface area contributed by atoms with Crippen LogP contribution in [0.25, 0.3) is 22.0 Å². The van der Waals surface area contributed by atoms with E-state index in [9.17, 15) is 31.9 Å². The zero-order valence-electron chi connectivity index (χ0n) is 19.4. The van der Waals surface area contributed by atoms with Crippen LogP contribution in [0.2, 0.25) is 5.02 Å². The largest absolute Gasteiger partial charge is 0.465 e. The average molecular weight is 571 g/mol. The number of hydrogen-bond acceptors (Lipinski definition) is 7. The molecule has 0 bridgehead atoms. The lowest BCUT2D eigenvalue weighted by Crippen LogP contribution is -2.57. The Morgan fingerprint density at radius 3 is 2.68 bits per heavy atom. The lowest BCUT2D eigenvalue weighted by atomic mass is 10.0. The van der Waals surface area contributed by atoms with Gasteiger partial charge < -0.3 is 14.9 Å². The summed E-state index contributed by atoms with van der Waals surface area (Å²) in [5, 5.41) is 10.1. The van der Waals surface area contributed by atoms with Gasteiger partial charge in [-0.1, -0.05) is 11.6 Å². The Morgan fingerprint density at radius 1 is 1.24 bits per heavy atom. The van der Waals surface area contributed by atoms with Crippen LogP contribution in [-0.4, -0.2) is 77.5 Å². The zero-order chi connectivity index (χ0) is 26.6. The van der Waals surface area contributed by atoms with Crippen LogP contribution in [0, 0.1) is 11.6 Å². The molecule has 1 aromatic heterocycles. The molecule has 1 amide bonds. The van der Waals surface area contributed by atoms with Crippen molar-refractivity contribution in [1.82, 2.24) is 14.5 Å². The van der Waals surface area contributed by atoms with Crippen molar-refractivity contribution in [3.05, 3.63) is 51.4 Å². The highest BCUT2D eigenvalue weighted by atomic mass is 35.5. The molecule has 3 heterocycles. The molecule has 0 aliphatic carbocycles. The molecule has 1 saturated heterocycles. The molecule has 0 spiro atoms. The second-order valence-electron chi connectivity index (χ2n) is 8.97. The van der Waals surface area contributed by atoms with Gasteiger partial charge in [0.15, 0.2) is 0 Å².